The van der Waals surface area contributed by atoms with Gasteiger partial charge in [-0.05, 0) is 19.8 Å². The normalized spacial score (nSPS) is 17.1. The van der Waals surface area contributed by atoms with Crippen LogP contribution in [-0.4, -0.2) is 27.2 Å². The van der Waals surface area contributed by atoms with Gasteiger partial charge < -0.3 is 10.4 Å². The van der Waals surface area contributed by atoms with Crippen LogP contribution in [0, 0.1) is 5.92 Å². The molecule has 0 aliphatic heterocycles. The molecule has 1 aromatic heterocycles. The molecule has 0 spiro atoms. The molecule has 0 aliphatic rings. The Morgan fingerprint density at radius 3 is 2.56 bits per heavy atom. The molecule has 1 rings (SSSR count). The summed E-state index contributed by atoms with van der Waals surface area (Å²) in [4.78, 5) is 8.24. The lowest BCUT2D eigenvalue weighted by Crippen LogP contribution is -2.43. The highest BCUT2D eigenvalue weighted by molar-refractivity contribution is 5.01. The van der Waals surface area contributed by atoms with E-state index in [4.69, 9.17) is 0 Å². The fourth-order valence-corrected chi connectivity index (χ4v) is 1.20. The Bertz CT molecular complexity index is 311. The fourth-order valence-electron chi connectivity index (χ4n) is 1.20. The van der Waals surface area contributed by atoms with E-state index in [-0.39, 0.29) is 12.0 Å². The highest BCUT2D eigenvalue weighted by atomic mass is 16.3. The molecule has 0 radical (unpaired) electrons. The number of aromatic nitrogens is 2. The van der Waals surface area contributed by atoms with Crippen LogP contribution in [0.25, 0.3) is 0 Å². The first-order chi connectivity index (χ1) is 7.43. The first kappa shape index (κ1) is 13.1. The Labute approximate surface area is 97.1 Å². The van der Waals surface area contributed by atoms with Gasteiger partial charge in [-0.25, -0.2) is 0 Å². The van der Waals surface area contributed by atoms with Crippen LogP contribution in [0.15, 0.2) is 18.6 Å². The summed E-state index contributed by atoms with van der Waals surface area (Å²) in [7, 11) is 0. The van der Waals surface area contributed by atoms with Crippen LogP contribution in [0.2, 0.25) is 0 Å². The smallest absolute Gasteiger partial charge is 0.0766 e. The van der Waals surface area contributed by atoms with E-state index in [1.807, 2.05) is 27.7 Å². The van der Waals surface area contributed by atoms with Crippen LogP contribution in [-0.2, 0) is 0 Å². The number of hydrogen-bond acceptors (Lipinski definition) is 4. The van der Waals surface area contributed by atoms with Crippen LogP contribution in [0.5, 0.6) is 0 Å². The van der Waals surface area contributed by atoms with Crippen molar-refractivity contribution >= 4 is 0 Å². The third kappa shape index (κ3) is 3.54. The molecule has 4 heteroatoms. The van der Waals surface area contributed by atoms with Crippen molar-refractivity contribution in [1.29, 1.82) is 0 Å². The van der Waals surface area contributed by atoms with Gasteiger partial charge in [0.1, 0.15) is 0 Å². The molecule has 4 nitrogen and oxygen atoms in total. The van der Waals surface area contributed by atoms with Crippen molar-refractivity contribution in [2.24, 2.45) is 5.92 Å². The summed E-state index contributed by atoms with van der Waals surface area (Å²) < 4.78 is 0. The molecule has 1 heterocycles. The molecule has 0 saturated carbocycles. The Morgan fingerprint density at radius 1 is 1.38 bits per heavy atom. The Balaban J connectivity index is 2.51. The third-order valence-corrected chi connectivity index (χ3v) is 3.04. The lowest BCUT2D eigenvalue weighted by atomic mass is 9.92. The number of rotatable bonds is 5. The average Bonchev–Trinajstić information content (AvgIpc) is 2.27. The van der Waals surface area contributed by atoms with Gasteiger partial charge in [-0.2, -0.15) is 0 Å². The maximum atomic E-state index is 10.1. The zero-order valence-electron chi connectivity index (χ0n) is 10.4. The van der Waals surface area contributed by atoms with E-state index in [0.29, 0.717) is 6.54 Å². The van der Waals surface area contributed by atoms with E-state index in [0.717, 1.165) is 5.69 Å². The molecule has 0 saturated heterocycles. The molecular weight excluding hydrogens is 202 g/mol. The Hall–Kier alpha value is -1.00. The Morgan fingerprint density at radius 2 is 2.06 bits per heavy atom. The van der Waals surface area contributed by atoms with Crippen LogP contribution < -0.4 is 5.32 Å². The molecule has 0 amide bonds. The summed E-state index contributed by atoms with van der Waals surface area (Å²) >= 11 is 0. The van der Waals surface area contributed by atoms with Gasteiger partial charge in [0.2, 0.25) is 0 Å². The molecule has 2 N–H and O–H groups in total. The summed E-state index contributed by atoms with van der Waals surface area (Å²) in [6.07, 6.45) is 5.07. The van der Waals surface area contributed by atoms with Gasteiger partial charge in [0.25, 0.3) is 0 Å². The molecule has 0 aliphatic carbocycles. The molecule has 0 fully saturated rings. The fraction of sp³-hybridized carbons (Fsp3) is 0.667. The van der Waals surface area contributed by atoms with Crippen molar-refractivity contribution in [2.75, 3.05) is 6.54 Å². The van der Waals surface area contributed by atoms with E-state index >= 15 is 0 Å². The first-order valence-electron chi connectivity index (χ1n) is 5.65. The molecule has 2 unspecified atom stereocenters. The summed E-state index contributed by atoms with van der Waals surface area (Å²) in [6, 6.07) is 0.0962. The summed E-state index contributed by atoms with van der Waals surface area (Å²) in [5, 5.41) is 13.4. The van der Waals surface area contributed by atoms with Crippen molar-refractivity contribution in [3.05, 3.63) is 24.3 Å². The summed E-state index contributed by atoms with van der Waals surface area (Å²) in [5.41, 5.74) is 0.193. The van der Waals surface area contributed by atoms with Crippen molar-refractivity contribution < 1.29 is 5.11 Å². The van der Waals surface area contributed by atoms with Crippen molar-refractivity contribution in [2.45, 2.75) is 39.3 Å². The average molecular weight is 223 g/mol. The van der Waals surface area contributed by atoms with E-state index in [1.54, 1.807) is 18.6 Å². The third-order valence-electron chi connectivity index (χ3n) is 3.04. The molecular formula is C12H21N3O. The lowest BCUT2D eigenvalue weighted by molar-refractivity contribution is 0.0121. The molecule has 90 valence electrons. The van der Waals surface area contributed by atoms with E-state index in [2.05, 4.69) is 15.3 Å². The molecule has 0 bridgehead atoms. The highest BCUT2D eigenvalue weighted by Gasteiger charge is 2.25. The van der Waals surface area contributed by atoms with Crippen LogP contribution in [0.3, 0.4) is 0 Å². The minimum absolute atomic E-state index is 0.0962. The second kappa shape index (κ2) is 5.37. The Kier molecular flexibility index (Phi) is 4.38. The minimum atomic E-state index is -0.698. The predicted octanol–water partition coefficient (Wildman–Crippen LogP) is 1.53. The van der Waals surface area contributed by atoms with Gasteiger partial charge in [-0.1, -0.05) is 13.8 Å². The molecule has 0 aromatic carbocycles. The van der Waals surface area contributed by atoms with Gasteiger partial charge in [0, 0.05) is 31.2 Å². The number of hydrogen-bond donors (Lipinski definition) is 2. The topological polar surface area (TPSA) is 58.0 Å². The molecule has 2 atom stereocenters. The second-order valence-corrected chi connectivity index (χ2v) is 4.74. The van der Waals surface area contributed by atoms with Gasteiger partial charge in [0.05, 0.1) is 11.3 Å². The van der Waals surface area contributed by atoms with E-state index in [1.165, 1.54) is 0 Å². The van der Waals surface area contributed by atoms with Crippen LogP contribution >= 0.6 is 0 Å². The van der Waals surface area contributed by atoms with Crippen LogP contribution in [0.1, 0.15) is 39.4 Å². The second-order valence-electron chi connectivity index (χ2n) is 4.74. The quantitative estimate of drug-likeness (QED) is 0.795. The van der Waals surface area contributed by atoms with Crippen molar-refractivity contribution in [3.8, 4) is 0 Å². The molecule has 16 heavy (non-hydrogen) atoms. The zero-order valence-corrected chi connectivity index (χ0v) is 10.4. The van der Waals surface area contributed by atoms with Crippen LogP contribution in [0.4, 0.5) is 0 Å². The van der Waals surface area contributed by atoms with E-state index in [9.17, 15) is 5.11 Å². The molecule has 1 aromatic rings. The zero-order chi connectivity index (χ0) is 12.2. The SMILES string of the molecule is CC(NCC(C)(O)C(C)C)c1cnccn1. The minimum Gasteiger partial charge on any atom is -0.389 e. The van der Waals surface area contributed by atoms with Gasteiger partial charge in [-0.3, -0.25) is 9.97 Å². The van der Waals surface area contributed by atoms with Gasteiger partial charge >= 0.3 is 0 Å². The number of aliphatic hydroxyl groups is 1. The van der Waals surface area contributed by atoms with E-state index < -0.39 is 5.60 Å². The maximum Gasteiger partial charge on any atom is 0.0766 e. The van der Waals surface area contributed by atoms with Gasteiger partial charge in [0.15, 0.2) is 0 Å². The first-order valence-corrected chi connectivity index (χ1v) is 5.65. The summed E-state index contributed by atoms with van der Waals surface area (Å²) in [5.74, 6) is 0.217. The largest absolute Gasteiger partial charge is 0.389 e. The van der Waals surface area contributed by atoms with Crippen molar-refractivity contribution in [1.82, 2.24) is 15.3 Å². The summed E-state index contributed by atoms with van der Waals surface area (Å²) in [6.45, 7) is 8.42. The number of nitrogens with one attached hydrogen (secondary N) is 1. The van der Waals surface area contributed by atoms with Gasteiger partial charge in [-0.15, -0.1) is 0 Å². The lowest BCUT2D eigenvalue weighted by Gasteiger charge is -2.29. The van der Waals surface area contributed by atoms with Crippen molar-refractivity contribution in [3.63, 3.8) is 0 Å². The number of nitrogens with zero attached hydrogens (tertiary/aromatic N) is 2. The monoisotopic (exact) mass is 223 g/mol. The standard InChI is InChI=1S/C12H21N3O/c1-9(2)12(4,16)8-15-10(3)11-7-13-5-6-14-11/h5-7,9-10,15-16H,8H2,1-4H3. The highest BCUT2D eigenvalue weighted by Crippen LogP contribution is 2.16. The predicted molar refractivity (Wildman–Crippen MR) is 63.9 cm³/mol. The maximum absolute atomic E-state index is 10.1.